The molecule has 0 saturated heterocycles. The number of ether oxygens (including phenoxy) is 1. The lowest BCUT2D eigenvalue weighted by Crippen LogP contribution is -1.96. The highest BCUT2D eigenvalue weighted by Crippen LogP contribution is 2.30. The van der Waals surface area contributed by atoms with Gasteiger partial charge in [0.2, 0.25) is 0 Å². The van der Waals surface area contributed by atoms with Gasteiger partial charge in [0, 0.05) is 24.3 Å². The maximum absolute atomic E-state index is 13.2. The van der Waals surface area contributed by atoms with Gasteiger partial charge in [-0.05, 0) is 18.6 Å². The molecule has 18 heavy (non-hydrogen) atoms. The topological polar surface area (TPSA) is 35.2 Å². The summed E-state index contributed by atoms with van der Waals surface area (Å²) in [6, 6.07) is 5.22. The molecular weight excluding hydrogens is 243 g/mol. The van der Waals surface area contributed by atoms with Crippen LogP contribution in [0.1, 0.15) is 5.56 Å². The number of nitrogens with two attached hydrogens (primary N) is 1. The van der Waals surface area contributed by atoms with E-state index in [1.165, 1.54) is 13.0 Å². The molecule has 0 radical (unpaired) electrons. The van der Waals surface area contributed by atoms with Gasteiger partial charge >= 0.3 is 0 Å². The third-order valence-corrected chi connectivity index (χ3v) is 2.35. The van der Waals surface area contributed by atoms with Gasteiger partial charge in [-0.3, -0.25) is 0 Å². The number of rotatable bonds is 2. The molecule has 2 aromatic rings. The number of anilines is 1. The predicted octanol–water partition coefficient (Wildman–Crippen LogP) is 3.79. The van der Waals surface area contributed by atoms with Crippen molar-refractivity contribution in [3.63, 3.8) is 0 Å². The quantitative estimate of drug-likeness (QED) is 0.826. The fraction of sp³-hybridized carbons (Fsp3) is 0.0769. The van der Waals surface area contributed by atoms with E-state index in [0.717, 1.165) is 24.3 Å². The monoisotopic (exact) mass is 253 g/mol. The highest BCUT2D eigenvalue weighted by atomic mass is 19.1. The SMILES string of the molecule is Cc1cc(Oc2cc(F)cc(F)c2)c(N)cc1F. The molecule has 2 aromatic carbocycles. The van der Waals surface area contributed by atoms with Crippen LogP contribution in [-0.4, -0.2) is 0 Å². The minimum atomic E-state index is -0.762. The molecule has 0 bridgehead atoms. The summed E-state index contributed by atoms with van der Waals surface area (Å²) in [6.45, 7) is 1.54. The van der Waals surface area contributed by atoms with E-state index in [9.17, 15) is 13.2 Å². The van der Waals surface area contributed by atoms with Crippen LogP contribution in [-0.2, 0) is 0 Å². The Hall–Kier alpha value is -2.17. The van der Waals surface area contributed by atoms with Crippen molar-refractivity contribution in [2.24, 2.45) is 0 Å². The summed E-state index contributed by atoms with van der Waals surface area (Å²) in [5, 5.41) is 0. The number of hydrogen-bond donors (Lipinski definition) is 1. The molecule has 0 saturated carbocycles. The van der Waals surface area contributed by atoms with Crippen LogP contribution in [0.5, 0.6) is 11.5 Å². The molecule has 0 fully saturated rings. The Balaban J connectivity index is 2.36. The Morgan fingerprint density at radius 2 is 1.56 bits per heavy atom. The highest BCUT2D eigenvalue weighted by Gasteiger charge is 2.08. The Kier molecular flexibility index (Phi) is 3.14. The van der Waals surface area contributed by atoms with E-state index in [0.29, 0.717) is 5.56 Å². The predicted molar refractivity (Wildman–Crippen MR) is 62.0 cm³/mol. The summed E-state index contributed by atoms with van der Waals surface area (Å²) in [7, 11) is 0. The Morgan fingerprint density at radius 3 is 2.17 bits per heavy atom. The minimum absolute atomic E-state index is 0.0368. The van der Waals surface area contributed by atoms with E-state index in [4.69, 9.17) is 10.5 Å². The first kappa shape index (κ1) is 12.3. The molecule has 2 nitrogen and oxygen atoms in total. The molecular formula is C13H10F3NO. The molecule has 0 aromatic heterocycles. The maximum atomic E-state index is 13.2. The van der Waals surface area contributed by atoms with E-state index < -0.39 is 17.5 Å². The Morgan fingerprint density at radius 1 is 0.944 bits per heavy atom. The van der Waals surface area contributed by atoms with Crippen LogP contribution in [0.15, 0.2) is 30.3 Å². The molecule has 5 heteroatoms. The second kappa shape index (κ2) is 4.60. The van der Waals surface area contributed by atoms with Crippen LogP contribution in [0.2, 0.25) is 0 Å². The normalized spacial score (nSPS) is 10.4. The number of hydrogen-bond acceptors (Lipinski definition) is 2. The number of benzene rings is 2. The van der Waals surface area contributed by atoms with Crippen molar-refractivity contribution < 1.29 is 17.9 Å². The molecule has 2 rings (SSSR count). The third-order valence-electron chi connectivity index (χ3n) is 2.35. The minimum Gasteiger partial charge on any atom is -0.455 e. The molecule has 0 spiro atoms. The Bertz CT molecular complexity index is 579. The van der Waals surface area contributed by atoms with Gasteiger partial charge < -0.3 is 10.5 Å². The van der Waals surface area contributed by atoms with Crippen molar-refractivity contribution in [1.29, 1.82) is 0 Å². The lowest BCUT2D eigenvalue weighted by molar-refractivity contribution is 0.468. The van der Waals surface area contributed by atoms with Crippen LogP contribution < -0.4 is 10.5 Å². The average molecular weight is 253 g/mol. The largest absolute Gasteiger partial charge is 0.455 e. The molecule has 0 aliphatic rings. The zero-order chi connectivity index (χ0) is 13.3. The lowest BCUT2D eigenvalue weighted by Gasteiger charge is -2.10. The van der Waals surface area contributed by atoms with Crippen molar-refractivity contribution in [3.05, 3.63) is 53.3 Å². The maximum Gasteiger partial charge on any atom is 0.150 e. The van der Waals surface area contributed by atoms with Gasteiger partial charge in [0.05, 0.1) is 5.69 Å². The summed E-state index contributed by atoms with van der Waals surface area (Å²) in [6.07, 6.45) is 0. The first-order chi connectivity index (χ1) is 8.45. The smallest absolute Gasteiger partial charge is 0.150 e. The summed E-state index contributed by atoms with van der Waals surface area (Å²) in [5.41, 5.74) is 5.95. The third kappa shape index (κ3) is 2.56. The highest BCUT2D eigenvalue weighted by molar-refractivity contribution is 5.55. The lowest BCUT2D eigenvalue weighted by atomic mass is 10.2. The van der Waals surface area contributed by atoms with Gasteiger partial charge in [0.15, 0.2) is 5.75 Å². The van der Waals surface area contributed by atoms with Gasteiger partial charge in [-0.15, -0.1) is 0 Å². The van der Waals surface area contributed by atoms with Crippen LogP contribution in [0.25, 0.3) is 0 Å². The number of aryl methyl sites for hydroxylation is 1. The zero-order valence-electron chi connectivity index (χ0n) is 9.51. The number of nitrogen functional groups attached to an aromatic ring is 1. The first-order valence-corrected chi connectivity index (χ1v) is 5.15. The van der Waals surface area contributed by atoms with Crippen LogP contribution >= 0.6 is 0 Å². The van der Waals surface area contributed by atoms with Crippen molar-refractivity contribution in [2.45, 2.75) is 6.92 Å². The molecule has 0 amide bonds. The van der Waals surface area contributed by atoms with E-state index in [-0.39, 0.29) is 17.2 Å². The fourth-order valence-electron chi connectivity index (χ4n) is 1.47. The molecule has 0 aliphatic heterocycles. The molecule has 2 N–H and O–H groups in total. The van der Waals surface area contributed by atoms with Gasteiger partial charge in [-0.2, -0.15) is 0 Å². The molecule has 0 heterocycles. The van der Waals surface area contributed by atoms with Crippen molar-refractivity contribution >= 4 is 5.69 Å². The molecule has 0 unspecified atom stereocenters. The van der Waals surface area contributed by atoms with Crippen LogP contribution in [0.3, 0.4) is 0 Å². The number of halogens is 3. The molecule has 0 aliphatic carbocycles. The van der Waals surface area contributed by atoms with E-state index >= 15 is 0 Å². The van der Waals surface area contributed by atoms with Crippen LogP contribution in [0.4, 0.5) is 18.9 Å². The second-order valence-electron chi connectivity index (χ2n) is 3.85. The van der Waals surface area contributed by atoms with Gasteiger partial charge in [-0.25, -0.2) is 13.2 Å². The summed E-state index contributed by atoms with van der Waals surface area (Å²) >= 11 is 0. The van der Waals surface area contributed by atoms with E-state index in [1.807, 2.05) is 0 Å². The van der Waals surface area contributed by atoms with E-state index in [1.54, 1.807) is 0 Å². The molecule has 0 atom stereocenters. The van der Waals surface area contributed by atoms with Crippen molar-refractivity contribution in [2.75, 3.05) is 5.73 Å². The van der Waals surface area contributed by atoms with Crippen LogP contribution in [0, 0.1) is 24.4 Å². The average Bonchev–Trinajstić information content (AvgIpc) is 2.24. The van der Waals surface area contributed by atoms with Gasteiger partial charge in [0.25, 0.3) is 0 Å². The Labute approximate surface area is 102 Å². The van der Waals surface area contributed by atoms with Crippen molar-refractivity contribution in [3.8, 4) is 11.5 Å². The summed E-state index contributed by atoms with van der Waals surface area (Å²) in [4.78, 5) is 0. The summed E-state index contributed by atoms with van der Waals surface area (Å²) < 4.78 is 44.3. The first-order valence-electron chi connectivity index (χ1n) is 5.15. The van der Waals surface area contributed by atoms with Gasteiger partial charge in [0.1, 0.15) is 23.2 Å². The van der Waals surface area contributed by atoms with Gasteiger partial charge in [-0.1, -0.05) is 0 Å². The fourth-order valence-corrected chi connectivity index (χ4v) is 1.47. The van der Waals surface area contributed by atoms with Crippen molar-refractivity contribution in [1.82, 2.24) is 0 Å². The standard InChI is InChI=1S/C13H10F3NO/c1-7-2-13(12(17)6-11(7)16)18-10-4-8(14)3-9(15)5-10/h2-6H,17H2,1H3. The molecule has 94 valence electrons. The second-order valence-corrected chi connectivity index (χ2v) is 3.85. The zero-order valence-corrected chi connectivity index (χ0v) is 9.51. The summed E-state index contributed by atoms with van der Waals surface area (Å²) in [5.74, 6) is -1.88. The van der Waals surface area contributed by atoms with E-state index in [2.05, 4.69) is 0 Å².